The van der Waals surface area contributed by atoms with E-state index in [1.165, 1.54) is 5.69 Å². The minimum Gasteiger partial charge on any atom is -0.369 e. The van der Waals surface area contributed by atoms with E-state index >= 15 is 0 Å². The second-order valence-corrected chi connectivity index (χ2v) is 8.46. The Morgan fingerprint density at radius 2 is 1.78 bits per heavy atom. The van der Waals surface area contributed by atoms with Gasteiger partial charge in [0.1, 0.15) is 0 Å². The molecule has 0 atom stereocenters. The maximum absolute atomic E-state index is 12.8. The Morgan fingerprint density at radius 1 is 1.03 bits per heavy atom. The van der Waals surface area contributed by atoms with Crippen LogP contribution in [0.1, 0.15) is 29.4 Å². The molecule has 1 N–H and O–H groups in total. The summed E-state index contributed by atoms with van der Waals surface area (Å²) in [5, 5.41) is 8.15. The molecule has 2 aromatic carbocycles. The van der Waals surface area contributed by atoms with Crippen molar-refractivity contribution < 1.29 is 4.79 Å². The molecule has 0 aliphatic carbocycles. The molecule has 1 saturated heterocycles. The van der Waals surface area contributed by atoms with Gasteiger partial charge < -0.3 is 10.2 Å². The van der Waals surface area contributed by atoms with Gasteiger partial charge in [-0.2, -0.15) is 5.10 Å². The first-order valence-electron chi connectivity index (χ1n) is 11.3. The lowest BCUT2D eigenvalue weighted by Crippen LogP contribution is -2.47. The Bertz CT molecular complexity index is 1030. The predicted octanol–water partition coefficient (Wildman–Crippen LogP) is 4.03. The average molecular weight is 452 g/mol. The summed E-state index contributed by atoms with van der Waals surface area (Å²) in [5.41, 5.74) is 3.68. The van der Waals surface area contributed by atoms with Gasteiger partial charge in [-0.3, -0.25) is 9.69 Å². The summed E-state index contributed by atoms with van der Waals surface area (Å²) in [4.78, 5) is 17.7. The van der Waals surface area contributed by atoms with Crippen LogP contribution >= 0.6 is 11.6 Å². The van der Waals surface area contributed by atoms with Crippen molar-refractivity contribution in [2.75, 3.05) is 44.2 Å². The Kier molecular flexibility index (Phi) is 7.45. The molecule has 32 heavy (non-hydrogen) atoms. The molecule has 0 saturated carbocycles. The number of rotatable bonds is 8. The molecule has 1 aliphatic rings. The Labute approximate surface area is 194 Å². The average Bonchev–Trinajstić information content (AvgIpc) is 3.27. The quantitative estimate of drug-likeness (QED) is 0.525. The molecular formula is C25H30ClN5O. The number of halogens is 1. The molecule has 3 aromatic rings. The molecule has 4 rings (SSSR count). The third kappa shape index (κ3) is 5.31. The van der Waals surface area contributed by atoms with E-state index in [2.05, 4.69) is 50.5 Å². The summed E-state index contributed by atoms with van der Waals surface area (Å²) in [6.07, 6.45) is 3.29. The molecule has 0 radical (unpaired) electrons. The van der Waals surface area contributed by atoms with Crippen LogP contribution in [0.4, 0.5) is 5.69 Å². The number of nitrogens with zero attached hydrogens (tertiary/aromatic N) is 4. The fourth-order valence-electron chi connectivity index (χ4n) is 4.20. The lowest BCUT2D eigenvalue weighted by Gasteiger charge is -2.36. The Morgan fingerprint density at radius 3 is 2.50 bits per heavy atom. The van der Waals surface area contributed by atoms with E-state index in [9.17, 15) is 4.79 Å². The number of nitrogens with one attached hydrogen (secondary N) is 1. The lowest BCUT2D eigenvalue weighted by molar-refractivity contribution is 0.0950. The van der Waals surface area contributed by atoms with Crippen LogP contribution in [0.3, 0.4) is 0 Å². The Balaban J connectivity index is 1.24. The highest BCUT2D eigenvalue weighted by molar-refractivity contribution is 6.30. The number of anilines is 1. The first-order valence-corrected chi connectivity index (χ1v) is 11.7. The largest absolute Gasteiger partial charge is 0.369 e. The van der Waals surface area contributed by atoms with Crippen molar-refractivity contribution in [2.45, 2.75) is 19.8 Å². The summed E-state index contributed by atoms with van der Waals surface area (Å²) in [5.74, 6) is -0.0657. The van der Waals surface area contributed by atoms with Crippen LogP contribution in [0.15, 0.2) is 60.8 Å². The van der Waals surface area contributed by atoms with Gasteiger partial charge in [0.15, 0.2) is 0 Å². The molecule has 6 nitrogen and oxygen atoms in total. The minimum absolute atomic E-state index is 0.0657. The molecule has 0 bridgehead atoms. The standard InChI is InChI=1S/C25H30ClN5O/c1-2-24-23(19-28-31(24)22-11-6-8-20(26)18-22)25(32)27-12-7-13-29-14-16-30(17-15-29)21-9-4-3-5-10-21/h3-6,8-11,18-19H,2,7,12-17H2,1H3,(H,27,32). The fraction of sp³-hybridized carbons (Fsp3) is 0.360. The number of carbonyl (C=O) groups is 1. The van der Waals surface area contributed by atoms with Crippen LogP contribution in [-0.2, 0) is 6.42 Å². The van der Waals surface area contributed by atoms with E-state index in [1.807, 2.05) is 31.2 Å². The molecular weight excluding hydrogens is 422 g/mol. The molecule has 0 unspecified atom stereocenters. The number of aromatic nitrogens is 2. The highest BCUT2D eigenvalue weighted by Gasteiger charge is 2.18. The van der Waals surface area contributed by atoms with Crippen LogP contribution in [0, 0.1) is 0 Å². The zero-order chi connectivity index (χ0) is 22.3. The van der Waals surface area contributed by atoms with E-state index in [0.717, 1.165) is 50.5 Å². The monoisotopic (exact) mass is 451 g/mol. The van der Waals surface area contributed by atoms with Gasteiger partial charge in [0.05, 0.1) is 23.1 Å². The second-order valence-electron chi connectivity index (χ2n) is 8.02. The van der Waals surface area contributed by atoms with Crippen molar-refractivity contribution in [3.05, 3.63) is 77.1 Å². The number of amides is 1. The third-order valence-electron chi connectivity index (χ3n) is 5.93. The van der Waals surface area contributed by atoms with Crippen LogP contribution in [0.25, 0.3) is 5.69 Å². The van der Waals surface area contributed by atoms with E-state index in [1.54, 1.807) is 10.9 Å². The van der Waals surface area contributed by atoms with Gasteiger partial charge in [0.2, 0.25) is 0 Å². The topological polar surface area (TPSA) is 53.4 Å². The third-order valence-corrected chi connectivity index (χ3v) is 6.17. The number of benzene rings is 2. The number of para-hydroxylation sites is 1. The van der Waals surface area contributed by atoms with Crippen molar-refractivity contribution in [1.82, 2.24) is 20.0 Å². The predicted molar refractivity (Wildman–Crippen MR) is 130 cm³/mol. The molecule has 1 fully saturated rings. The van der Waals surface area contributed by atoms with Gasteiger partial charge in [-0.05, 0) is 49.7 Å². The molecule has 168 valence electrons. The van der Waals surface area contributed by atoms with E-state index in [-0.39, 0.29) is 5.91 Å². The molecule has 1 aromatic heterocycles. The summed E-state index contributed by atoms with van der Waals surface area (Å²) < 4.78 is 1.80. The maximum Gasteiger partial charge on any atom is 0.254 e. The van der Waals surface area contributed by atoms with Gasteiger partial charge in [-0.1, -0.05) is 42.8 Å². The first kappa shape index (κ1) is 22.4. The van der Waals surface area contributed by atoms with Crippen molar-refractivity contribution in [1.29, 1.82) is 0 Å². The number of piperazine rings is 1. The SMILES string of the molecule is CCc1c(C(=O)NCCCN2CCN(c3ccccc3)CC2)cnn1-c1cccc(Cl)c1. The van der Waals surface area contributed by atoms with E-state index in [4.69, 9.17) is 11.6 Å². The van der Waals surface area contributed by atoms with Gasteiger partial charge >= 0.3 is 0 Å². The Hall–Kier alpha value is -2.83. The van der Waals surface area contributed by atoms with Gasteiger partial charge in [0.25, 0.3) is 5.91 Å². The van der Waals surface area contributed by atoms with Crippen LogP contribution < -0.4 is 10.2 Å². The van der Waals surface area contributed by atoms with Crippen molar-refractivity contribution >= 4 is 23.2 Å². The first-order chi connectivity index (χ1) is 15.7. The number of hydrogen-bond donors (Lipinski definition) is 1. The molecule has 7 heteroatoms. The van der Waals surface area contributed by atoms with E-state index in [0.29, 0.717) is 23.6 Å². The van der Waals surface area contributed by atoms with Crippen LogP contribution in [0.2, 0.25) is 5.02 Å². The maximum atomic E-state index is 12.8. The van der Waals surface area contributed by atoms with Gasteiger partial charge in [-0.15, -0.1) is 0 Å². The highest BCUT2D eigenvalue weighted by atomic mass is 35.5. The molecule has 1 amide bonds. The van der Waals surface area contributed by atoms with Crippen LogP contribution in [-0.4, -0.2) is 59.9 Å². The summed E-state index contributed by atoms with van der Waals surface area (Å²) in [7, 11) is 0. The van der Waals surface area contributed by atoms with Crippen molar-refractivity contribution in [2.24, 2.45) is 0 Å². The summed E-state index contributed by atoms with van der Waals surface area (Å²) in [6.45, 7) is 7.86. The fourth-order valence-corrected chi connectivity index (χ4v) is 4.39. The smallest absolute Gasteiger partial charge is 0.254 e. The van der Waals surface area contributed by atoms with Gasteiger partial charge in [0, 0.05) is 43.4 Å². The zero-order valence-electron chi connectivity index (χ0n) is 18.5. The summed E-state index contributed by atoms with van der Waals surface area (Å²) in [6, 6.07) is 18.1. The number of hydrogen-bond acceptors (Lipinski definition) is 4. The lowest BCUT2D eigenvalue weighted by atomic mass is 10.2. The van der Waals surface area contributed by atoms with Crippen LogP contribution in [0.5, 0.6) is 0 Å². The molecule has 0 spiro atoms. The normalized spacial score (nSPS) is 14.5. The molecule has 1 aliphatic heterocycles. The highest BCUT2D eigenvalue weighted by Crippen LogP contribution is 2.19. The van der Waals surface area contributed by atoms with E-state index < -0.39 is 0 Å². The summed E-state index contributed by atoms with van der Waals surface area (Å²) >= 11 is 6.12. The van der Waals surface area contributed by atoms with Gasteiger partial charge in [-0.25, -0.2) is 4.68 Å². The van der Waals surface area contributed by atoms with Crippen molar-refractivity contribution in [3.63, 3.8) is 0 Å². The zero-order valence-corrected chi connectivity index (χ0v) is 19.3. The number of carbonyl (C=O) groups excluding carboxylic acids is 1. The van der Waals surface area contributed by atoms with Crippen molar-refractivity contribution in [3.8, 4) is 5.69 Å². The second kappa shape index (κ2) is 10.7. The molecule has 2 heterocycles. The minimum atomic E-state index is -0.0657.